The van der Waals surface area contributed by atoms with Crippen molar-refractivity contribution in [3.8, 4) is 0 Å². The monoisotopic (exact) mass is 584 g/mol. The van der Waals surface area contributed by atoms with Crippen LogP contribution in [0.1, 0.15) is 83.7 Å². The molecule has 0 spiro atoms. The van der Waals surface area contributed by atoms with Gasteiger partial charge in [-0.1, -0.05) is 47.1 Å². The zero-order valence-electron chi connectivity index (χ0n) is 25.0. The number of nitrogens with one attached hydrogen (secondary N) is 1. The lowest BCUT2D eigenvalue weighted by Crippen LogP contribution is -2.45. The van der Waals surface area contributed by atoms with Crippen molar-refractivity contribution in [2.45, 2.75) is 99.2 Å². The number of aromatic nitrogens is 1. The van der Waals surface area contributed by atoms with Crippen LogP contribution in [0.15, 0.2) is 29.2 Å². The quantitative estimate of drug-likeness (QED) is 0.262. The van der Waals surface area contributed by atoms with Crippen molar-refractivity contribution in [3.63, 3.8) is 0 Å². The van der Waals surface area contributed by atoms with Crippen LogP contribution in [-0.2, 0) is 32.0 Å². The number of hydrogen-bond donors (Lipinski definition) is 3. The van der Waals surface area contributed by atoms with Gasteiger partial charge in [0.05, 0.1) is 17.4 Å². The summed E-state index contributed by atoms with van der Waals surface area (Å²) in [7, 11) is -3.76. The average Bonchev–Trinajstić information content (AvgIpc) is 2.90. The second-order valence-corrected chi connectivity index (χ2v) is 11.4. The number of carboxylic acid groups (broad SMARTS) is 1. The number of hydrogen-bond acceptors (Lipinski definition) is 8. The standard InChI is InChI=1S/C24H34N2O8S.C3H8.C2H6/c1-4-26-14-19(24(29)30)22(28)18-13-17(7-8-20(18)26)6-5-9-25-10-11-35(31,32)34-23-15(2)12-21(27)33-16(23)3;1-3-2;1-2/h7-8,13-16,21,23,25,27H,4-6,9-12H2,1-3H3,(H,29,30);3H2,1-2H3;1-2H3/t15?,16?,21-,23-;;/m1../s1. The molecule has 1 aromatic carbocycles. The summed E-state index contributed by atoms with van der Waals surface area (Å²) in [6.45, 7) is 15.0. The largest absolute Gasteiger partial charge is 0.477 e. The van der Waals surface area contributed by atoms with Crippen molar-refractivity contribution in [1.82, 2.24) is 9.88 Å². The molecule has 4 atom stereocenters. The van der Waals surface area contributed by atoms with Crippen LogP contribution >= 0.6 is 0 Å². The first-order valence-electron chi connectivity index (χ1n) is 14.3. The number of nitrogens with zero attached hydrogens (tertiary/aromatic N) is 1. The first-order valence-corrected chi connectivity index (χ1v) is 15.9. The summed E-state index contributed by atoms with van der Waals surface area (Å²) >= 11 is 0. The molecule has 0 aliphatic carbocycles. The van der Waals surface area contributed by atoms with Crippen LogP contribution in [0.3, 0.4) is 0 Å². The van der Waals surface area contributed by atoms with Crippen LogP contribution in [0, 0.1) is 5.92 Å². The van der Waals surface area contributed by atoms with Gasteiger partial charge in [-0.2, -0.15) is 8.42 Å². The zero-order chi connectivity index (χ0) is 30.5. The number of aromatic carboxylic acids is 1. The van der Waals surface area contributed by atoms with Crippen LogP contribution in [0.5, 0.6) is 0 Å². The molecular weight excluding hydrogens is 536 g/mol. The molecule has 2 heterocycles. The molecule has 228 valence electrons. The molecule has 40 heavy (non-hydrogen) atoms. The van der Waals surface area contributed by atoms with E-state index in [-0.39, 0.29) is 23.8 Å². The maximum atomic E-state index is 12.6. The summed E-state index contributed by atoms with van der Waals surface area (Å²) in [5, 5.41) is 22.4. The Balaban J connectivity index is 0.00000150. The molecule has 1 saturated heterocycles. The van der Waals surface area contributed by atoms with E-state index in [9.17, 15) is 28.2 Å². The minimum Gasteiger partial charge on any atom is -0.477 e. The number of aliphatic hydroxyl groups is 1. The van der Waals surface area contributed by atoms with Crippen molar-refractivity contribution in [3.05, 3.63) is 45.7 Å². The van der Waals surface area contributed by atoms with Gasteiger partial charge in [-0.05, 0) is 56.8 Å². The van der Waals surface area contributed by atoms with Gasteiger partial charge >= 0.3 is 5.97 Å². The van der Waals surface area contributed by atoms with E-state index < -0.39 is 40.0 Å². The first kappa shape index (κ1) is 35.7. The molecule has 3 rings (SSSR count). The number of benzene rings is 1. The molecule has 10 nitrogen and oxygen atoms in total. The van der Waals surface area contributed by atoms with E-state index in [1.165, 1.54) is 12.6 Å². The Bertz CT molecular complexity index is 1220. The third-order valence-electron chi connectivity index (χ3n) is 6.29. The van der Waals surface area contributed by atoms with Crippen molar-refractivity contribution in [2.75, 3.05) is 18.8 Å². The molecule has 3 N–H and O–H groups in total. The van der Waals surface area contributed by atoms with E-state index in [0.29, 0.717) is 43.3 Å². The highest BCUT2D eigenvalue weighted by Crippen LogP contribution is 2.27. The van der Waals surface area contributed by atoms with E-state index in [2.05, 4.69) is 19.2 Å². The molecule has 0 bridgehead atoms. The van der Waals surface area contributed by atoms with E-state index in [0.717, 1.165) is 5.56 Å². The second-order valence-electron chi connectivity index (χ2n) is 9.71. The zero-order valence-corrected chi connectivity index (χ0v) is 25.8. The van der Waals surface area contributed by atoms with E-state index in [1.807, 2.05) is 39.8 Å². The fraction of sp³-hybridized carbons (Fsp3) is 0.655. The minimum absolute atomic E-state index is 0.147. The molecule has 1 fully saturated rings. The Morgan fingerprint density at radius 2 is 1.82 bits per heavy atom. The first-order chi connectivity index (χ1) is 18.9. The van der Waals surface area contributed by atoms with Gasteiger partial charge in [0.15, 0.2) is 6.29 Å². The average molecular weight is 585 g/mol. The molecular formula is C29H48N2O8S. The second kappa shape index (κ2) is 17.5. The van der Waals surface area contributed by atoms with Crippen LogP contribution < -0.4 is 10.7 Å². The lowest BCUT2D eigenvalue weighted by atomic mass is 9.94. The number of carbonyl (C=O) groups is 1. The lowest BCUT2D eigenvalue weighted by Gasteiger charge is -2.36. The fourth-order valence-corrected chi connectivity index (χ4v) is 5.62. The third kappa shape index (κ3) is 10.6. The van der Waals surface area contributed by atoms with Gasteiger partial charge in [0.2, 0.25) is 5.43 Å². The summed E-state index contributed by atoms with van der Waals surface area (Å²) in [5.41, 5.74) is 0.848. The molecule has 1 aliphatic rings. The highest BCUT2D eigenvalue weighted by molar-refractivity contribution is 7.86. The van der Waals surface area contributed by atoms with Crippen molar-refractivity contribution in [2.24, 2.45) is 5.92 Å². The SMILES string of the molecule is CC.CCC.CCn1cc(C(=O)O)c(=O)c2cc(CCCNCCS(=O)(=O)O[C@@H]3C(C)C[C@H](O)OC3C)ccc21. The maximum absolute atomic E-state index is 12.6. The Morgan fingerprint density at radius 1 is 1.18 bits per heavy atom. The van der Waals surface area contributed by atoms with Crippen LogP contribution in [0.25, 0.3) is 10.9 Å². The van der Waals surface area contributed by atoms with Gasteiger partial charge in [0.1, 0.15) is 11.7 Å². The number of ether oxygens (including phenoxy) is 1. The highest BCUT2D eigenvalue weighted by Gasteiger charge is 2.36. The Hall–Kier alpha value is -2.31. The van der Waals surface area contributed by atoms with Crippen LogP contribution in [-0.4, -0.2) is 66.5 Å². The number of fused-ring (bicyclic) bond motifs is 1. The summed E-state index contributed by atoms with van der Waals surface area (Å²) in [6.07, 6.45) is 2.24. The normalized spacial score (nSPS) is 20.7. The van der Waals surface area contributed by atoms with Crippen molar-refractivity contribution >= 4 is 27.0 Å². The van der Waals surface area contributed by atoms with Gasteiger partial charge < -0.3 is 24.8 Å². The number of aryl methyl sites for hydroxylation is 2. The molecule has 0 saturated carbocycles. The minimum atomic E-state index is -3.76. The van der Waals surface area contributed by atoms with Gasteiger partial charge in [-0.15, -0.1) is 0 Å². The summed E-state index contributed by atoms with van der Waals surface area (Å²) < 4.78 is 37.1. The Kier molecular flexibility index (Phi) is 15.6. The number of carboxylic acids is 1. The van der Waals surface area contributed by atoms with Gasteiger partial charge in [0.25, 0.3) is 10.1 Å². The van der Waals surface area contributed by atoms with Crippen molar-refractivity contribution in [1.29, 1.82) is 0 Å². The molecule has 1 aromatic heterocycles. The van der Waals surface area contributed by atoms with E-state index in [4.69, 9.17) is 8.92 Å². The van der Waals surface area contributed by atoms with Crippen LogP contribution in [0.2, 0.25) is 0 Å². The van der Waals surface area contributed by atoms with Crippen LogP contribution in [0.4, 0.5) is 0 Å². The van der Waals surface area contributed by atoms with E-state index in [1.54, 1.807) is 17.6 Å². The predicted octanol–water partition coefficient (Wildman–Crippen LogP) is 4.16. The predicted molar refractivity (Wildman–Crippen MR) is 158 cm³/mol. The number of aliphatic hydroxyl groups excluding tert-OH is 1. The molecule has 1 aliphatic heterocycles. The van der Waals surface area contributed by atoms with Crippen molar-refractivity contribution < 1.29 is 32.3 Å². The van der Waals surface area contributed by atoms with Gasteiger partial charge in [-0.3, -0.25) is 8.98 Å². The molecule has 2 aromatic rings. The number of rotatable bonds is 11. The topological polar surface area (TPSA) is 144 Å². The molecule has 0 amide bonds. The number of pyridine rings is 1. The van der Waals surface area contributed by atoms with E-state index >= 15 is 0 Å². The summed E-state index contributed by atoms with van der Waals surface area (Å²) in [4.78, 5) is 24.0. The molecule has 2 unspecified atom stereocenters. The maximum Gasteiger partial charge on any atom is 0.341 e. The molecule has 11 heteroatoms. The lowest BCUT2D eigenvalue weighted by molar-refractivity contribution is -0.203. The summed E-state index contributed by atoms with van der Waals surface area (Å²) in [5.74, 6) is -1.58. The smallest absolute Gasteiger partial charge is 0.341 e. The fourth-order valence-electron chi connectivity index (χ4n) is 4.44. The summed E-state index contributed by atoms with van der Waals surface area (Å²) in [6, 6.07) is 5.48. The third-order valence-corrected chi connectivity index (χ3v) is 7.51. The Labute approximate surface area is 238 Å². The highest BCUT2D eigenvalue weighted by atomic mass is 32.2. The molecule has 0 radical (unpaired) electrons. The Morgan fingerprint density at radius 3 is 2.40 bits per heavy atom. The van der Waals surface area contributed by atoms with Gasteiger partial charge in [-0.25, -0.2) is 4.79 Å². The van der Waals surface area contributed by atoms with Gasteiger partial charge in [0, 0.05) is 31.1 Å².